The van der Waals surface area contributed by atoms with Crippen LogP contribution in [0.25, 0.3) is 0 Å². The Labute approximate surface area is 121 Å². The lowest BCUT2D eigenvalue weighted by molar-refractivity contribution is 0.0451. The molecule has 0 aromatic heterocycles. The van der Waals surface area contributed by atoms with Gasteiger partial charge >= 0.3 is 0 Å². The largest absolute Gasteiger partial charge is 0.494 e. The monoisotopic (exact) mass is 275 g/mol. The fraction of sp³-hybridized carbons (Fsp3) is 0.647. The van der Waals surface area contributed by atoms with Gasteiger partial charge in [-0.05, 0) is 50.3 Å². The summed E-state index contributed by atoms with van der Waals surface area (Å²) in [6.07, 6.45) is 4.44. The van der Waals surface area contributed by atoms with Gasteiger partial charge in [-0.1, -0.05) is 19.1 Å². The summed E-state index contributed by atoms with van der Waals surface area (Å²) in [6, 6.07) is 9.19. The Hall–Kier alpha value is -1.06. The lowest BCUT2D eigenvalue weighted by Crippen LogP contribution is -2.33. The molecule has 1 N–H and O–H groups in total. The third kappa shape index (κ3) is 2.70. The Bertz CT molecular complexity index is 455. The second-order valence-corrected chi connectivity index (χ2v) is 6.36. The summed E-state index contributed by atoms with van der Waals surface area (Å²) >= 11 is 0. The van der Waals surface area contributed by atoms with Gasteiger partial charge in [0.2, 0.25) is 0 Å². The molecule has 1 heterocycles. The van der Waals surface area contributed by atoms with E-state index in [1.807, 2.05) is 24.3 Å². The Morgan fingerprint density at radius 2 is 2.00 bits per heavy atom. The summed E-state index contributed by atoms with van der Waals surface area (Å²) < 4.78 is 5.60. The molecule has 1 aliphatic heterocycles. The highest BCUT2D eigenvalue weighted by molar-refractivity contribution is 5.32. The third-order valence-electron chi connectivity index (χ3n) is 4.52. The van der Waals surface area contributed by atoms with Crippen molar-refractivity contribution < 1.29 is 9.84 Å². The van der Waals surface area contributed by atoms with E-state index < -0.39 is 5.60 Å². The Morgan fingerprint density at radius 1 is 1.30 bits per heavy atom. The van der Waals surface area contributed by atoms with E-state index in [2.05, 4.69) is 18.7 Å². The zero-order valence-electron chi connectivity index (χ0n) is 12.5. The number of hydrogen-bond donors (Lipinski definition) is 1. The topological polar surface area (TPSA) is 32.7 Å². The van der Waals surface area contributed by atoms with Crippen molar-refractivity contribution in [3.8, 4) is 5.75 Å². The number of hydrogen-bond acceptors (Lipinski definition) is 3. The minimum Gasteiger partial charge on any atom is -0.494 e. The maximum Gasteiger partial charge on any atom is 0.119 e. The number of rotatable bonds is 5. The van der Waals surface area contributed by atoms with Crippen LogP contribution >= 0.6 is 0 Å². The highest BCUT2D eigenvalue weighted by Gasteiger charge is 2.46. The van der Waals surface area contributed by atoms with Gasteiger partial charge in [0.1, 0.15) is 11.4 Å². The minimum atomic E-state index is -0.689. The lowest BCUT2D eigenvalue weighted by atomic mass is 9.91. The van der Waals surface area contributed by atoms with Gasteiger partial charge in [-0.2, -0.15) is 0 Å². The van der Waals surface area contributed by atoms with Crippen molar-refractivity contribution in [1.82, 2.24) is 4.90 Å². The van der Waals surface area contributed by atoms with Crippen LogP contribution in [0.1, 0.15) is 45.1 Å². The quantitative estimate of drug-likeness (QED) is 0.897. The molecule has 3 rings (SSSR count). The predicted octanol–water partition coefficient (Wildman–Crippen LogP) is 2.92. The van der Waals surface area contributed by atoms with Crippen LogP contribution in [0.3, 0.4) is 0 Å². The molecule has 20 heavy (non-hydrogen) atoms. The van der Waals surface area contributed by atoms with E-state index in [0.717, 1.165) is 37.3 Å². The molecule has 1 saturated carbocycles. The highest BCUT2D eigenvalue weighted by atomic mass is 16.5. The molecule has 1 saturated heterocycles. The van der Waals surface area contributed by atoms with Crippen molar-refractivity contribution in [2.75, 3.05) is 13.2 Å². The van der Waals surface area contributed by atoms with E-state index in [1.165, 1.54) is 12.8 Å². The van der Waals surface area contributed by atoms with Crippen LogP contribution in [0.5, 0.6) is 5.75 Å². The molecule has 0 radical (unpaired) electrons. The van der Waals surface area contributed by atoms with Crippen molar-refractivity contribution in [2.45, 2.75) is 57.2 Å². The van der Waals surface area contributed by atoms with Crippen LogP contribution in [-0.4, -0.2) is 35.2 Å². The van der Waals surface area contributed by atoms with E-state index in [1.54, 1.807) is 0 Å². The van der Waals surface area contributed by atoms with E-state index in [4.69, 9.17) is 4.74 Å². The summed E-state index contributed by atoms with van der Waals surface area (Å²) in [5.74, 6) is 0.893. The molecule has 0 amide bonds. The van der Waals surface area contributed by atoms with E-state index in [0.29, 0.717) is 12.1 Å². The molecule has 2 aliphatic rings. The molecule has 110 valence electrons. The summed E-state index contributed by atoms with van der Waals surface area (Å²) in [5.41, 5.74) is 0.335. The van der Waals surface area contributed by atoms with Crippen LogP contribution in [-0.2, 0) is 5.60 Å². The zero-order valence-corrected chi connectivity index (χ0v) is 12.5. The molecule has 1 aromatic carbocycles. The van der Waals surface area contributed by atoms with E-state index in [9.17, 15) is 5.11 Å². The summed E-state index contributed by atoms with van der Waals surface area (Å²) in [5, 5.41) is 11.0. The minimum absolute atomic E-state index is 0.475. The average Bonchev–Trinajstić information content (AvgIpc) is 3.23. The number of benzene rings is 1. The van der Waals surface area contributed by atoms with Gasteiger partial charge < -0.3 is 9.84 Å². The summed E-state index contributed by atoms with van der Waals surface area (Å²) in [4.78, 5) is 2.47. The first kappa shape index (κ1) is 13.9. The van der Waals surface area contributed by atoms with Gasteiger partial charge in [-0.3, -0.25) is 4.90 Å². The van der Waals surface area contributed by atoms with E-state index in [-0.39, 0.29) is 0 Å². The summed E-state index contributed by atoms with van der Waals surface area (Å²) in [7, 11) is 0. The molecular weight excluding hydrogens is 250 g/mol. The SMILES string of the molecule is CCCOc1ccc(C2(O)CC(C)N(C3CC3)C2)cc1. The second-order valence-electron chi connectivity index (χ2n) is 6.36. The van der Waals surface area contributed by atoms with E-state index >= 15 is 0 Å². The van der Waals surface area contributed by atoms with Crippen molar-refractivity contribution in [2.24, 2.45) is 0 Å². The van der Waals surface area contributed by atoms with Crippen LogP contribution < -0.4 is 4.74 Å². The third-order valence-corrected chi connectivity index (χ3v) is 4.52. The second kappa shape index (κ2) is 5.38. The first-order valence-corrected chi connectivity index (χ1v) is 7.84. The number of aliphatic hydroxyl groups is 1. The smallest absolute Gasteiger partial charge is 0.119 e. The maximum absolute atomic E-state index is 11.0. The molecule has 0 bridgehead atoms. The number of ether oxygens (including phenoxy) is 1. The Morgan fingerprint density at radius 3 is 2.60 bits per heavy atom. The molecule has 3 nitrogen and oxygen atoms in total. The Balaban J connectivity index is 1.71. The van der Waals surface area contributed by atoms with Crippen molar-refractivity contribution in [1.29, 1.82) is 0 Å². The van der Waals surface area contributed by atoms with Crippen molar-refractivity contribution in [3.05, 3.63) is 29.8 Å². The van der Waals surface area contributed by atoms with Gasteiger partial charge in [0, 0.05) is 18.6 Å². The number of β-amino-alcohol motifs (C(OH)–C–C–N with tert-alkyl or cyclic N) is 1. The van der Waals surface area contributed by atoms with Crippen LogP contribution in [0.4, 0.5) is 0 Å². The number of likely N-dealkylation sites (tertiary alicyclic amines) is 1. The standard InChI is InChI=1S/C17H25NO2/c1-3-10-20-16-8-4-14(5-9-16)17(19)11-13(2)18(12-17)15-6-7-15/h4-5,8-9,13,15,19H,3,6-7,10-12H2,1-2H3. The molecular formula is C17H25NO2. The van der Waals surface area contributed by atoms with Crippen molar-refractivity contribution in [3.63, 3.8) is 0 Å². The average molecular weight is 275 g/mol. The Kier molecular flexibility index (Phi) is 3.74. The molecule has 0 spiro atoms. The van der Waals surface area contributed by atoms with Crippen LogP contribution in [0.15, 0.2) is 24.3 Å². The van der Waals surface area contributed by atoms with Crippen LogP contribution in [0.2, 0.25) is 0 Å². The highest BCUT2D eigenvalue weighted by Crippen LogP contribution is 2.41. The normalized spacial score (nSPS) is 30.6. The van der Waals surface area contributed by atoms with Gasteiger partial charge in [0.05, 0.1) is 6.61 Å². The van der Waals surface area contributed by atoms with Crippen LogP contribution in [0, 0.1) is 0 Å². The van der Waals surface area contributed by atoms with Gasteiger partial charge in [0.15, 0.2) is 0 Å². The van der Waals surface area contributed by atoms with Gasteiger partial charge in [0.25, 0.3) is 0 Å². The molecule has 3 heteroatoms. The fourth-order valence-corrected chi connectivity index (χ4v) is 3.31. The molecule has 1 aromatic rings. The molecule has 2 fully saturated rings. The molecule has 1 aliphatic carbocycles. The predicted molar refractivity (Wildman–Crippen MR) is 79.9 cm³/mol. The van der Waals surface area contributed by atoms with Gasteiger partial charge in [-0.25, -0.2) is 0 Å². The van der Waals surface area contributed by atoms with Crippen molar-refractivity contribution >= 4 is 0 Å². The first-order valence-electron chi connectivity index (χ1n) is 7.84. The lowest BCUT2D eigenvalue weighted by Gasteiger charge is -2.24. The molecule has 2 atom stereocenters. The summed E-state index contributed by atoms with van der Waals surface area (Å²) in [6.45, 7) is 5.85. The zero-order chi connectivity index (χ0) is 14.2. The maximum atomic E-state index is 11.0. The first-order chi connectivity index (χ1) is 9.62. The number of nitrogens with zero attached hydrogens (tertiary/aromatic N) is 1. The van der Waals surface area contributed by atoms with Gasteiger partial charge in [-0.15, -0.1) is 0 Å². The fourth-order valence-electron chi connectivity index (χ4n) is 3.31. The molecule has 2 unspecified atom stereocenters.